The monoisotopic (exact) mass is 324 g/mol. The second kappa shape index (κ2) is 6.53. The number of rotatable bonds is 3. The highest BCUT2D eigenvalue weighted by molar-refractivity contribution is 9.10. The van der Waals surface area contributed by atoms with Crippen LogP contribution in [-0.2, 0) is 11.2 Å². The topological polar surface area (TPSA) is 46.3 Å². The molecule has 0 bridgehead atoms. The lowest BCUT2D eigenvalue weighted by Gasteiger charge is -2.40. The fourth-order valence-corrected chi connectivity index (χ4v) is 3.33. The molecule has 104 valence electrons. The van der Waals surface area contributed by atoms with Gasteiger partial charge >= 0.3 is 0 Å². The fourth-order valence-electron chi connectivity index (χ4n) is 2.88. The van der Waals surface area contributed by atoms with Crippen LogP contribution in [0.1, 0.15) is 31.7 Å². The minimum Gasteiger partial charge on any atom is -0.335 e. The van der Waals surface area contributed by atoms with Crippen LogP contribution in [0.5, 0.6) is 0 Å². The largest absolute Gasteiger partial charge is 0.335 e. The van der Waals surface area contributed by atoms with Gasteiger partial charge in [-0.1, -0.05) is 28.1 Å². The number of likely N-dealkylation sites (tertiary alicyclic amines) is 1. The highest BCUT2D eigenvalue weighted by Gasteiger charge is 2.30. The van der Waals surface area contributed by atoms with E-state index in [1.54, 1.807) is 0 Å². The summed E-state index contributed by atoms with van der Waals surface area (Å²) in [5, 5.41) is 0. The molecular weight excluding hydrogens is 304 g/mol. The van der Waals surface area contributed by atoms with E-state index in [1.165, 1.54) is 6.42 Å². The van der Waals surface area contributed by atoms with Gasteiger partial charge in [-0.15, -0.1) is 0 Å². The molecule has 1 aromatic rings. The van der Waals surface area contributed by atoms with Gasteiger partial charge in [0.1, 0.15) is 0 Å². The third kappa shape index (κ3) is 3.57. The predicted octanol–water partition coefficient (Wildman–Crippen LogP) is 2.72. The third-order valence-electron chi connectivity index (χ3n) is 3.83. The van der Waals surface area contributed by atoms with E-state index in [2.05, 4.69) is 22.9 Å². The van der Waals surface area contributed by atoms with E-state index in [9.17, 15) is 4.79 Å². The number of amides is 1. The molecule has 3 nitrogen and oxygen atoms in total. The lowest BCUT2D eigenvalue weighted by atomic mass is 9.95. The van der Waals surface area contributed by atoms with Gasteiger partial charge in [-0.25, -0.2) is 0 Å². The maximum atomic E-state index is 12.5. The maximum absolute atomic E-state index is 12.5. The van der Waals surface area contributed by atoms with Crippen LogP contribution in [0.4, 0.5) is 0 Å². The first-order chi connectivity index (χ1) is 9.11. The molecule has 2 unspecified atom stereocenters. The van der Waals surface area contributed by atoms with Gasteiger partial charge in [-0.05, 0) is 43.9 Å². The Morgan fingerprint density at radius 3 is 2.95 bits per heavy atom. The molecule has 0 spiro atoms. The number of hydrogen-bond acceptors (Lipinski definition) is 2. The van der Waals surface area contributed by atoms with Crippen LogP contribution in [-0.4, -0.2) is 29.4 Å². The van der Waals surface area contributed by atoms with E-state index >= 15 is 0 Å². The van der Waals surface area contributed by atoms with Crippen molar-refractivity contribution in [1.82, 2.24) is 4.90 Å². The summed E-state index contributed by atoms with van der Waals surface area (Å²) in [7, 11) is 0. The van der Waals surface area contributed by atoms with Gasteiger partial charge in [0.05, 0.1) is 6.42 Å². The highest BCUT2D eigenvalue weighted by atomic mass is 79.9. The van der Waals surface area contributed by atoms with Gasteiger partial charge in [0.15, 0.2) is 0 Å². The molecule has 1 aromatic carbocycles. The van der Waals surface area contributed by atoms with Gasteiger partial charge in [0.2, 0.25) is 5.91 Å². The number of piperidine rings is 1. The molecular formula is C15H21BrN2O. The standard InChI is InChI=1S/C15H21BrN2O/c1-11-4-2-7-14(10-17)18(11)15(19)9-12-5-3-6-13(16)8-12/h3,5-6,8,11,14H,2,4,7,9-10,17H2,1H3. The predicted molar refractivity (Wildman–Crippen MR) is 80.8 cm³/mol. The summed E-state index contributed by atoms with van der Waals surface area (Å²) in [5.41, 5.74) is 6.86. The molecule has 2 rings (SSSR count). The van der Waals surface area contributed by atoms with Gasteiger partial charge in [0, 0.05) is 23.1 Å². The lowest BCUT2D eigenvalue weighted by molar-refractivity contribution is -0.136. The van der Waals surface area contributed by atoms with Gasteiger partial charge < -0.3 is 10.6 Å². The van der Waals surface area contributed by atoms with Gasteiger partial charge in [0.25, 0.3) is 0 Å². The Bertz CT molecular complexity index is 450. The van der Waals surface area contributed by atoms with Crippen LogP contribution >= 0.6 is 15.9 Å². The normalized spacial score (nSPS) is 23.4. The Hall–Kier alpha value is -0.870. The first-order valence-electron chi connectivity index (χ1n) is 6.87. The number of hydrogen-bond donors (Lipinski definition) is 1. The Labute approximate surface area is 123 Å². The number of benzene rings is 1. The van der Waals surface area contributed by atoms with Crippen molar-refractivity contribution in [3.8, 4) is 0 Å². The average Bonchev–Trinajstić information content (AvgIpc) is 2.38. The Morgan fingerprint density at radius 2 is 2.26 bits per heavy atom. The van der Waals surface area contributed by atoms with E-state index in [0.29, 0.717) is 19.0 Å². The van der Waals surface area contributed by atoms with Crippen LogP contribution in [0.3, 0.4) is 0 Å². The van der Waals surface area contributed by atoms with Crippen molar-refractivity contribution in [3.05, 3.63) is 34.3 Å². The Morgan fingerprint density at radius 1 is 1.47 bits per heavy atom. The Balaban J connectivity index is 2.09. The van der Waals surface area contributed by atoms with E-state index in [-0.39, 0.29) is 11.9 Å². The summed E-state index contributed by atoms with van der Waals surface area (Å²) < 4.78 is 1.01. The summed E-state index contributed by atoms with van der Waals surface area (Å²) in [5.74, 6) is 0.195. The van der Waals surface area contributed by atoms with Crippen LogP contribution < -0.4 is 5.73 Å². The molecule has 0 aromatic heterocycles. The molecule has 2 N–H and O–H groups in total. The minimum absolute atomic E-state index is 0.195. The summed E-state index contributed by atoms with van der Waals surface area (Å²) in [6, 6.07) is 8.45. The number of nitrogens with two attached hydrogens (primary N) is 1. The zero-order valence-corrected chi connectivity index (χ0v) is 12.9. The van der Waals surface area contributed by atoms with Crippen molar-refractivity contribution in [2.24, 2.45) is 5.73 Å². The SMILES string of the molecule is CC1CCCC(CN)N1C(=O)Cc1cccc(Br)c1. The second-order valence-electron chi connectivity index (χ2n) is 5.28. The molecule has 1 saturated heterocycles. The number of nitrogens with zero attached hydrogens (tertiary/aromatic N) is 1. The molecule has 1 heterocycles. The number of halogens is 1. The molecule has 1 aliphatic rings. The minimum atomic E-state index is 0.195. The number of carbonyl (C=O) groups is 1. The second-order valence-corrected chi connectivity index (χ2v) is 6.19. The van der Waals surface area contributed by atoms with Gasteiger partial charge in [-0.3, -0.25) is 4.79 Å². The number of carbonyl (C=O) groups excluding carboxylic acids is 1. The van der Waals surface area contributed by atoms with Crippen LogP contribution in [0.15, 0.2) is 28.7 Å². The molecule has 0 radical (unpaired) electrons. The molecule has 1 aliphatic heterocycles. The van der Waals surface area contributed by atoms with Crippen molar-refractivity contribution < 1.29 is 4.79 Å². The smallest absolute Gasteiger partial charge is 0.227 e. The molecule has 4 heteroatoms. The van der Waals surface area contributed by atoms with Gasteiger partial charge in [-0.2, -0.15) is 0 Å². The van der Waals surface area contributed by atoms with Crippen LogP contribution in [0, 0.1) is 0 Å². The Kier molecular flexibility index (Phi) is 4.99. The van der Waals surface area contributed by atoms with Crippen LogP contribution in [0.25, 0.3) is 0 Å². The van der Waals surface area contributed by atoms with Crippen molar-refractivity contribution in [3.63, 3.8) is 0 Å². The lowest BCUT2D eigenvalue weighted by Crippen LogP contribution is -2.52. The molecule has 0 saturated carbocycles. The van der Waals surface area contributed by atoms with E-state index in [0.717, 1.165) is 22.9 Å². The van der Waals surface area contributed by atoms with E-state index in [1.807, 2.05) is 29.2 Å². The molecule has 2 atom stereocenters. The average molecular weight is 325 g/mol. The van der Waals surface area contributed by atoms with E-state index < -0.39 is 0 Å². The zero-order valence-electron chi connectivity index (χ0n) is 11.3. The summed E-state index contributed by atoms with van der Waals surface area (Å²) in [4.78, 5) is 14.5. The van der Waals surface area contributed by atoms with Crippen molar-refractivity contribution in [2.45, 2.75) is 44.7 Å². The van der Waals surface area contributed by atoms with Crippen molar-refractivity contribution in [2.75, 3.05) is 6.54 Å². The zero-order chi connectivity index (χ0) is 13.8. The summed E-state index contributed by atoms with van der Waals surface area (Å²) in [6.45, 7) is 2.69. The highest BCUT2D eigenvalue weighted by Crippen LogP contribution is 2.23. The molecule has 1 fully saturated rings. The maximum Gasteiger partial charge on any atom is 0.227 e. The van der Waals surface area contributed by atoms with E-state index in [4.69, 9.17) is 5.73 Å². The summed E-state index contributed by atoms with van der Waals surface area (Å²) in [6.07, 6.45) is 3.75. The first kappa shape index (κ1) is 14.5. The molecule has 0 aliphatic carbocycles. The molecule has 19 heavy (non-hydrogen) atoms. The van der Waals surface area contributed by atoms with Crippen molar-refractivity contribution >= 4 is 21.8 Å². The quantitative estimate of drug-likeness (QED) is 0.929. The third-order valence-corrected chi connectivity index (χ3v) is 4.33. The fraction of sp³-hybridized carbons (Fsp3) is 0.533. The van der Waals surface area contributed by atoms with Crippen LogP contribution in [0.2, 0.25) is 0 Å². The first-order valence-corrected chi connectivity index (χ1v) is 7.66. The summed E-state index contributed by atoms with van der Waals surface area (Å²) >= 11 is 3.44. The molecule has 1 amide bonds. The van der Waals surface area contributed by atoms with Crippen molar-refractivity contribution in [1.29, 1.82) is 0 Å².